The van der Waals surface area contributed by atoms with Crippen LogP contribution in [0.2, 0.25) is 0 Å². The second kappa shape index (κ2) is 6.56. The number of rotatable bonds is 5. The van der Waals surface area contributed by atoms with Crippen LogP contribution in [-0.4, -0.2) is 34.6 Å². The van der Waals surface area contributed by atoms with Crippen LogP contribution in [0.25, 0.3) is 0 Å². The van der Waals surface area contributed by atoms with Crippen molar-refractivity contribution in [3.8, 4) is 0 Å². The topological polar surface area (TPSA) is 106 Å². The number of anilines is 2. The number of aryl methyl sites for hydroxylation is 2. The molecule has 0 aliphatic heterocycles. The normalized spacial score (nSPS) is 11.8. The maximum absolute atomic E-state index is 12.2. The number of nitrogens with zero attached hydrogens (tertiary/aromatic N) is 2. The Morgan fingerprint density at radius 1 is 1.41 bits per heavy atom. The standard InChI is InChI=1S/C13H16N4O4S/c1-6-5-9(21-16-6)15-11(18)8(3)20-13(19)10-7(2)17-22-12(10)14-4/h5,8,14H,1-4H3,(H,15,18)/t8-/m0/s1. The van der Waals surface area contributed by atoms with Gasteiger partial charge in [-0.3, -0.25) is 10.1 Å². The molecule has 9 heteroatoms. The van der Waals surface area contributed by atoms with Crippen molar-refractivity contribution in [1.82, 2.24) is 9.53 Å². The third-order valence-electron chi connectivity index (χ3n) is 2.82. The quantitative estimate of drug-likeness (QED) is 0.810. The number of amides is 1. The van der Waals surface area contributed by atoms with E-state index in [1.165, 1.54) is 6.92 Å². The van der Waals surface area contributed by atoms with Crippen LogP contribution in [0.1, 0.15) is 28.7 Å². The summed E-state index contributed by atoms with van der Waals surface area (Å²) in [4.78, 5) is 24.1. The fraction of sp³-hybridized carbons (Fsp3) is 0.385. The number of ether oxygens (including phenoxy) is 1. The second-order valence-corrected chi connectivity index (χ2v) is 5.36. The van der Waals surface area contributed by atoms with Crippen molar-refractivity contribution in [1.29, 1.82) is 0 Å². The minimum Gasteiger partial charge on any atom is -0.449 e. The summed E-state index contributed by atoms with van der Waals surface area (Å²) in [6.07, 6.45) is -0.984. The molecule has 1 amide bonds. The zero-order chi connectivity index (χ0) is 16.3. The fourth-order valence-corrected chi connectivity index (χ4v) is 2.43. The molecule has 2 N–H and O–H groups in total. The smallest absolute Gasteiger partial charge is 0.343 e. The average molecular weight is 324 g/mol. The summed E-state index contributed by atoms with van der Waals surface area (Å²) in [5.41, 5.74) is 1.53. The number of carbonyl (C=O) groups excluding carboxylic acids is 2. The lowest BCUT2D eigenvalue weighted by atomic mass is 10.2. The number of esters is 1. The molecule has 0 fully saturated rings. The molecule has 2 heterocycles. The van der Waals surface area contributed by atoms with Crippen LogP contribution in [0.5, 0.6) is 0 Å². The lowest BCUT2D eigenvalue weighted by molar-refractivity contribution is -0.123. The molecular weight excluding hydrogens is 308 g/mol. The summed E-state index contributed by atoms with van der Waals surface area (Å²) in [5.74, 6) is -0.905. The Labute approximate surface area is 131 Å². The van der Waals surface area contributed by atoms with Crippen molar-refractivity contribution in [3.63, 3.8) is 0 Å². The lowest BCUT2D eigenvalue weighted by Crippen LogP contribution is -2.30. The van der Waals surface area contributed by atoms with Crippen molar-refractivity contribution in [3.05, 3.63) is 23.0 Å². The molecule has 0 saturated heterocycles. The monoisotopic (exact) mass is 324 g/mol. The van der Waals surface area contributed by atoms with Gasteiger partial charge >= 0.3 is 5.97 Å². The number of carbonyl (C=O) groups is 2. The van der Waals surface area contributed by atoms with Crippen molar-refractivity contribution >= 4 is 34.3 Å². The van der Waals surface area contributed by atoms with Crippen LogP contribution < -0.4 is 10.6 Å². The Balaban J connectivity index is 2.01. The maximum Gasteiger partial charge on any atom is 0.343 e. The van der Waals surface area contributed by atoms with Gasteiger partial charge in [-0.15, -0.1) is 0 Å². The maximum atomic E-state index is 12.2. The molecule has 1 atom stereocenters. The summed E-state index contributed by atoms with van der Waals surface area (Å²) < 4.78 is 14.1. The summed E-state index contributed by atoms with van der Waals surface area (Å²) in [6, 6.07) is 1.57. The van der Waals surface area contributed by atoms with Gasteiger partial charge < -0.3 is 14.6 Å². The van der Waals surface area contributed by atoms with E-state index in [9.17, 15) is 9.59 Å². The van der Waals surface area contributed by atoms with Gasteiger partial charge in [0.05, 0.1) is 11.4 Å². The van der Waals surface area contributed by atoms with Crippen molar-refractivity contribution in [2.24, 2.45) is 0 Å². The van der Waals surface area contributed by atoms with E-state index in [4.69, 9.17) is 9.26 Å². The highest BCUT2D eigenvalue weighted by Gasteiger charge is 2.24. The first kappa shape index (κ1) is 16.0. The molecule has 118 valence electrons. The van der Waals surface area contributed by atoms with Crippen LogP contribution in [-0.2, 0) is 9.53 Å². The van der Waals surface area contributed by atoms with E-state index in [-0.39, 0.29) is 5.88 Å². The molecule has 0 saturated carbocycles. The molecule has 2 aromatic heterocycles. The van der Waals surface area contributed by atoms with Gasteiger partial charge in [0.1, 0.15) is 10.6 Å². The minimum absolute atomic E-state index is 0.203. The van der Waals surface area contributed by atoms with E-state index in [2.05, 4.69) is 20.2 Å². The van der Waals surface area contributed by atoms with E-state index in [0.717, 1.165) is 11.5 Å². The highest BCUT2D eigenvalue weighted by Crippen LogP contribution is 2.25. The molecule has 8 nitrogen and oxygen atoms in total. The van der Waals surface area contributed by atoms with E-state index in [1.54, 1.807) is 27.0 Å². The third-order valence-corrected chi connectivity index (χ3v) is 3.78. The molecule has 0 bridgehead atoms. The first-order valence-corrected chi connectivity index (χ1v) is 7.29. The Bertz CT molecular complexity index is 694. The van der Waals surface area contributed by atoms with Crippen LogP contribution >= 0.6 is 11.5 Å². The molecule has 2 rings (SSSR count). The van der Waals surface area contributed by atoms with Gasteiger partial charge in [0, 0.05) is 13.1 Å². The predicted octanol–water partition coefficient (Wildman–Crippen LogP) is 1.97. The first-order valence-electron chi connectivity index (χ1n) is 6.51. The van der Waals surface area contributed by atoms with Gasteiger partial charge in [0.25, 0.3) is 5.91 Å². The van der Waals surface area contributed by atoms with Gasteiger partial charge in [0.15, 0.2) is 6.10 Å². The highest BCUT2D eigenvalue weighted by molar-refractivity contribution is 7.10. The van der Waals surface area contributed by atoms with Crippen molar-refractivity contribution in [2.45, 2.75) is 26.9 Å². The summed E-state index contributed by atoms with van der Waals surface area (Å²) in [7, 11) is 1.69. The zero-order valence-corrected chi connectivity index (χ0v) is 13.4. The molecule has 0 aliphatic carbocycles. The highest BCUT2D eigenvalue weighted by atomic mass is 32.1. The average Bonchev–Trinajstić information content (AvgIpc) is 3.04. The van der Waals surface area contributed by atoms with Crippen LogP contribution in [0.3, 0.4) is 0 Å². The number of hydrogen-bond donors (Lipinski definition) is 2. The first-order chi connectivity index (χ1) is 10.4. The summed E-state index contributed by atoms with van der Waals surface area (Å²) in [5, 5.41) is 9.61. The second-order valence-electron chi connectivity index (χ2n) is 4.59. The number of aromatic nitrogens is 2. The molecule has 0 aromatic carbocycles. The molecule has 2 aromatic rings. The number of hydrogen-bond acceptors (Lipinski definition) is 8. The van der Waals surface area contributed by atoms with Crippen LogP contribution in [0, 0.1) is 13.8 Å². The Morgan fingerprint density at radius 2 is 2.14 bits per heavy atom. The van der Waals surface area contributed by atoms with Gasteiger partial charge in [0.2, 0.25) is 5.88 Å². The summed E-state index contributed by atoms with van der Waals surface area (Å²) in [6.45, 7) is 4.91. The molecule has 0 radical (unpaired) electrons. The van der Waals surface area contributed by atoms with Crippen LogP contribution in [0.4, 0.5) is 10.9 Å². The van der Waals surface area contributed by atoms with E-state index in [1.807, 2.05) is 0 Å². The van der Waals surface area contributed by atoms with Gasteiger partial charge in [-0.05, 0) is 32.3 Å². The molecular formula is C13H16N4O4S. The Kier molecular flexibility index (Phi) is 4.76. The zero-order valence-electron chi connectivity index (χ0n) is 12.6. The van der Waals surface area contributed by atoms with Gasteiger partial charge in [-0.25, -0.2) is 4.79 Å². The van der Waals surface area contributed by atoms with Crippen LogP contribution in [0.15, 0.2) is 10.6 Å². The predicted molar refractivity (Wildman–Crippen MR) is 81.1 cm³/mol. The van der Waals surface area contributed by atoms with Gasteiger partial charge in [-0.2, -0.15) is 4.37 Å². The summed E-state index contributed by atoms with van der Waals surface area (Å²) >= 11 is 1.16. The largest absolute Gasteiger partial charge is 0.449 e. The van der Waals surface area contributed by atoms with Crippen molar-refractivity contribution < 1.29 is 18.8 Å². The molecule has 0 unspecified atom stereocenters. The Hall–Kier alpha value is -2.42. The van der Waals surface area contributed by atoms with E-state index < -0.39 is 18.0 Å². The SMILES string of the molecule is CNc1snc(C)c1C(=O)O[C@@H](C)C(=O)Nc1cc(C)no1. The van der Waals surface area contributed by atoms with Crippen molar-refractivity contribution in [2.75, 3.05) is 17.7 Å². The molecule has 22 heavy (non-hydrogen) atoms. The van der Waals surface area contributed by atoms with E-state index >= 15 is 0 Å². The fourth-order valence-electron chi connectivity index (χ4n) is 1.70. The van der Waals surface area contributed by atoms with E-state index in [0.29, 0.717) is 22.0 Å². The molecule has 0 aliphatic rings. The molecule has 0 spiro atoms. The Morgan fingerprint density at radius 3 is 2.73 bits per heavy atom. The third kappa shape index (κ3) is 3.42. The van der Waals surface area contributed by atoms with Gasteiger partial charge in [-0.1, -0.05) is 5.16 Å². The number of nitrogens with one attached hydrogen (secondary N) is 2. The lowest BCUT2D eigenvalue weighted by Gasteiger charge is -2.12. The minimum atomic E-state index is -0.984.